The molecule has 0 amide bonds. The minimum atomic E-state index is -1.46. The van der Waals surface area contributed by atoms with Crippen LogP contribution in [0.3, 0.4) is 0 Å². The minimum absolute atomic E-state index is 0. The molecular weight excluding hydrogens is 307 g/mol. The van der Waals surface area contributed by atoms with Crippen LogP contribution in [-0.4, -0.2) is 0 Å². The number of halogens is 1. The van der Waals surface area contributed by atoms with E-state index >= 15 is 0 Å². The van der Waals surface area contributed by atoms with Crippen molar-refractivity contribution >= 4 is 0 Å². The van der Waals surface area contributed by atoms with Gasteiger partial charge in [-0.1, -0.05) is 0 Å². The zero-order valence-corrected chi connectivity index (χ0v) is 14.7. The van der Waals surface area contributed by atoms with E-state index in [9.17, 15) is 0 Å². The van der Waals surface area contributed by atoms with Crippen LogP contribution in [0, 0.1) is 0 Å². The second kappa shape index (κ2) is 5.85. The van der Waals surface area contributed by atoms with Gasteiger partial charge in [0.1, 0.15) is 0 Å². The van der Waals surface area contributed by atoms with Gasteiger partial charge in [0.05, 0.1) is 0 Å². The molecule has 0 bridgehead atoms. The molecule has 92 valence electrons. The molecule has 2 aliphatic carbocycles. The van der Waals surface area contributed by atoms with E-state index in [-0.39, 0.29) is 12.4 Å². The normalized spacial score (nSPS) is 19.4. The standard InChI is InChI=1S/2C7H9.CH3.ClH.Zr/c2*1-6-4-3-5-7(6)2;;;/h2*4H,3H2,1-2H3;1H3;1H;/q;;;;+1/p-1. The summed E-state index contributed by atoms with van der Waals surface area (Å²) >= 11 is -1.46. The van der Waals surface area contributed by atoms with E-state index in [0.29, 0.717) is 0 Å². The molecule has 2 aliphatic rings. The van der Waals surface area contributed by atoms with Crippen molar-refractivity contribution in [2.75, 3.05) is 0 Å². The van der Waals surface area contributed by atoms with Gasteiger partial charge in [-0.05, 0) is 0 Å². The summed E-state index contributed by atoms with van der Waals surface area (Å²) in [5.74, 6) is 0. The molecule has 0 N–H and O–H groups in total. The summed E-state index contributed by atoms with van der Waals surface area (Å²) in [6.45, 7) is 9.17. The summed E-state index contributed by atoms with van der Waals surface area (Å²) in [6, 6.07) is 0. The van der Waals surface area contributed by atoms with Crippen LogP contribution < -0.4 is 12.4 Å². The van der Waals surface area contributed by atoms with Crippen LogP contribution in [0.4, 0.5) is 0 Å². The van der Waals surface area contributed by atoms with Gasteiger partial charge in [0.2, 0.25) is 0 Å². The second-order valence-electron chi connectivity index (χ2n) is 5.01. The molecule has 17 heavy (non-hydrogen) atoms. The Bertz CT molecular complexity index is 408. The number of allylic oxidation sites excluding steroid dienone is 8. The topological polar surface area (TPSA) is 0 Å². The Balaban J connectivity index is 0.00000144. The SMILES string of the molecule is CC1=CC[C]([Zr+]([CH3])[C]2=C(C)C(C)=CC2)=C1C.[Cl-]. The monoisotopic (exact) mass is 326 g/mol. The van der Waals surface area contributed by atoms with Gasteiger partial charge in [0, 0.05) is 0 Å². The summed E-state index contributed by atoms with van der Waals surface area (Å²) in [6.07, 6.45) is 7.33. The molecule has 0 radical (unpaired) electrons. The van der Waals surface area contributed by atoms with Gasteiger partial charge in [-0.3, -0.25) is 0 Å². The van der Waals surface area contributed by atoms with Crippen molar-refractivity contribution in [3.8, 4) is 0 Å². The van der Waals surface area contributed by atoms with Gasteiger partial charge in [-0.15, -0.1) is 0 Å². The van der Waals surface area contributed by atoms with Crippen LogP contribution in [0.15, 0.2) is 41.0 Å². The maximum absolute atomic E-state index is 2.57. The zero-order chi connectivity index (χ0) is 11.9. The maximum atomic E-state index is 2.57. The van der Waals surface area contributed by atoms with Crippen molar-refractivity contribution in [1.82, 2.24) is 0 Å². The predicted octanol–water partition coefficient (Wildman–Crippen LogP) is 1.90. The molecule has 0 saturated carbocycles. The third-order valence-corrected chi connectivity index (χ3v) is 11.5. The van der Waals surface area contributed by atoms with Crippen LogP contribution in [0.5, 0.6) is 0 Å². The predicted molar refractivity (Wildman–Crippen MR) is 68.0 cm³/mol. The van der Waals surface area contributed by atoms with Gasteiger partial charge in [0.25, 0.3) is 0 Å². The Morgan fingerprint density at radius 3 is 1.41 bits per heavy atom. The average Bonchev–Trinajstić information content (AvgIpc) is 2.74. The summed E-state index contributed by atoms with van der Waals surface area (Å²) < 4.78 is 6.23. The van der Waals surface area contributed by atoms with E-state index in [0.717, 1.165) is 0 Å². The van der Waals surface area contributed by atoms with Crippen LogP contribution in [0.25, 0.3) is 0 Å². The number of hydrogen-bond donors (Lipinski definition) is 0. The Morgan fingerprint density at radius 2 is 1.18 bits per heavy atom. The van der Waals surface area contributed by atoms with E-state index in [1.54, 1.807) is 11.1 Å². The van der Waals surface area contributed by atoms with Crippen molar-refractivity contribution in [2.24, 2.45) is 0 Å². The molecule has 0 nitrogen and oxygen atoms in total. The van der Waals surface area contributed by atoms with Gasteiger partial charge in [-0.25, -0.2) is 0 Å². The zero-order valence-electron chi connectivity index (χ0n) is 11.4. The Hall–Kier alpha value is 0.133. The molecule has 2 heteroatoms. The molecule has 0 aromatic rings. The second-order valence-corrected chi connectivity index (χ2v) is 11.1. The van der Waals surface area contributed by atoms with E-state index in [2.05, 4.69) is 44.5 Å². The summed E-state index contributed by atoms with van der Waals surface area (Å²) in [5.41, 5.74) is 6.27. The number of hydrogen-bond acceptors (Lipinski definition) is 0. The summed E-state index contributed by atoms with van der Waals surface area (Å²) in [7, 11) is 0. The maximum Gasteiger partial charge on any atom is -1.00 e. The van der Waals surface area contributed by atoms with E-state index in [1.165, 1.54) is 24.0 Å². The van der Waals surface area contributed by atoms with Crippen LogP contribution in [0.2, 0.25) is 4.63 Å². The average molecular weight is 328 g/mol. The molecule has 0 atom stereocenters. The third-order valence-electron chi connectivity index (χ3n) is 4.22. The molecular formula is C15H21ClZr. The molecule has 0 aromatic carbocycles. The molecule has 0 aromatic heterocycles. The van der Waals surface area contributed by atoms with Gasteiger partial charge >= 0.3 is 108 Å². The fourth-order valence-electron chi connectivity index (χ4n) is 2.65. The first-order chi connectivity index (χ1) is 7.52. The molecule has 0 saturated heterocycles. The fourth-order valence-corrected chi connectivity index (χ4v) is 9.29. The largest absolute Gasteiger partial charge is 1.00 e. The molecule has 2 rings (SSSR count). The van der Waals surface area contributed by atoms with Gasteiger partial charge in [0.15, 0.2) is 0 Å². The Kier molecular flexibility index (Phi) is 5.23. The van der Waals surface area contributed by atoms with Crippen molar-refractivity contribution in [3.05, 3.63) is 41.0 Å². The quantitative estimate of drug-likeness (QED) is 0.727. The number of rotatable bonds is 2. The minimum Gasteiger partial charge on any atom is -1.00 e. The summed E-state index contributed by atoms with van der Waals surface area (Å²) in [5, 5.41) is 0. The van der Waals surface area contributed by atoms with E-state index < -0.39 is 21.8 Å². The van der Waals surface area contributed by atoms with Crippen molar-refractivity contribution in [2.45, 2.75) is 45.2 Å². The molecule has 0 heterocycles. The summed E-state index contributed by atoms with van der Waals surface area (Å²) in [4.78, 5) is 0. The molecule has 0 spiro atoms. The van der Waals surface area contributed by atoms with Crippen LogP contribution >= 0.6 is 0 Å². The van der Waals surface area contributed by atoms with Crippen molar-refractivity contribution in [3.63, 3.8) is 0 Å². The third kappa shape index (κ3) is 2.77. The van der Waals surface area contributed by atoms with E-state index in [1.807, 2.05) is 6.56 Å². The van der Waals surface area contributed by atoms with Crippen molar-refractivity contribution < 1.29 is 34.2 Å². The van der Waals surface area contributed by atoms with Crippen LogP contribution in [-0.2, 0) is 21.8 Å². The molecule has 0 fully saturated rings. The molecule has 0 unspecified atom stereocenters. The first-order valence-corrected chi connectivity index (χ1v) is 11.0. The first kappa shape index (κ1) is 15.2. The van der Waals surface area contributed by atoms with Crippen molar-refractivity contribution in [1.29, 1.82) is 0 Å². The Labute approximate surface area is 120 Å². The Morgan fingerprint density at radius 1 is 0.824 bits per heavy atom. The fraction of sp³-hybridized carbons (Fsp3) is 0.467. The van der Waals surface area contributed by atoms with Gasteiger partial charge in [-0.2, -0.15) is 0 Å². The first-order valence-electron chi connectivity index (χ1n) is 6.10. The molecule has 0 aliphatic heterocycles. The van der Waals surface area contributed by atoms with Gasteiger partial charge < -0.3 is 12.4 Å². The van der Waals surface area contributed by atoms with Crippen LogP contribution in [0.1, 0.15) is 40.5 Å². The smallest absolute Gasteiger partial charge is 1.00 e. The van der Waals surface area contributed by atoms with E-state index in [4.69, 9.17) is 0 Å².